The van der Waals surface area contributed by atoms with Crippen molar-refractivity contribution in [3.05, 3.63) is 36.2 Å². The maximum absolute atomic E-state index is 12.4. The lowest BCUT2D eigenvalue weighted by atomic mass is 10.2. The predicted molar refractivity (Wildman–Crippen MR) is 85.7 cm³/mol. The molecule has 1 aliphatic rings. The van der Waals surface area contributed by atoms with E-state index < -0.39 is 0 Å². The summed E-state index contributed by atoms with van der Waals surface area (Å²) in [6, 6.07) is 1.75. The van der Waals surface area contributed by atoms with E-state index in [0.717, 1.165) is 6.42 Å². The van der Waals surface area contributed by atoms with Gasteiger partial charge in [-0.3, -0.25) is 4.79 Å². The Morgan fingerprint density at radius 1 is 1.40 bits per heavy atom. The molecule has 0 aromatic carbocycles. The van der Waals surface area contributed by atoms with E-state index in [9.17, 15) is 4.79 Å². The summed E-state index contributed by atoms with van der Waals surface area (Å²) in [7, 11) is 0. The Labute approximate surface area is 143 Å². The molecule has 1 fully saturated rings. The third-order valence-corrected chi connectivity index (χ3v) is 4.28. The Morgan fingerprint density at radius 2 is 2.28 bits per heavy atom. The average Bonchev–Trinajstić information content (AvgIpc) is 3.42. The molecule has 3 aromatic heterocycles. The number of nitrogens with zero attached hydrogens (tertiary/aromatic N) is 6. The molecule has 1 atom stereocenters. The molecule has 1 amide bonds. The molecule has 1 saturated heterocycles. The highest BCUT2D eigenvalue weighted by Gasteiger charge is 2.29. The maximum atomic E-state index is 12.4. The summed E-state index contributed by atoms with van der Waals surface area (Å²) in [5, 5.41) is 12.2. The Balaban J connectivity index is 1.46. The van der Waals surface area contributed by atoms with Gasteiger partial charge < -0.3 is 13.8 Å². The molecule has 130 valence electrons. The highest BCUT2D eigenvalue weighted by Crippen LogP contribution is 2.24. The Morgan fingerprint density at radius 3 is 3.00 bits per heavy atom. The average molecular weight is 342 g/mol. The molecule has 4 rings (SSSR count). The van der Waals surface area contributed by atoms with Gasteiger partial charge in [-0.1, -0.05) is 24.2 Å². The largest absolute Gasteiger partial charge is 0.472 e. The minimum absolute atomic E-state index is 0.0323. The van der Waals surface area contributed by atoms with Gasteiger partial charge in [0.15, 0.2) is 11.5 Å². The number of rotatable bonds is 4. The number of likely N-dealkylation sites (tertiary alicyclic amines) is 1. The molecule has 0 saturated carbocycles. The zero-order chi connectivity index (χ0) is 17.4. The van der Waals surface area contributed by atoms with E-state index in [1.54, 1.807) is 21.8 Å². The molecule has 25 heavy (non-hydrogen) atoms. The zero-order valence-electron chi connectivity index (χ0n) is 14.0. The normalized spacial score (nSPS) is 17.6. The number of furan rings is 1. The van der Waals surface area contributed by atoms with Crippen LogP contribution in [-0.4, -0.2) is 49.0 Å². The molecule has 0 unspecified atom stereocenters. The minimum Gasteiger partial charge on any atom is -0.472 e. The van der Waals surface area contributed by atoms with Gasteiger partial charge in [0.2, 0.25) is 0 Å². The lowest BCUT2D eigenvalue weighted by Gasteiger charge is -2.15. The van der Waals surface area contributed by atoms with Crippen molar-refractivity contribution in [3.8, 4) is 11.6 Å². The third kappa shape index (κ3) is 2.92. The molecule has 0 spiro atoms. The highest BCUT2D eigenvalue weighted by atomic mass is 16.5. The molecule has 0 bridgehead atoms. The smallest absolute Gasteiger partial charge is 0.280 e. The first-order valence-electron chi connectivity index (χ1n) is 8.19. The van der Waals surface area contributed by atoms with Crippen molar-refractivity contribution in [2.75, 3.05) is 13.1 Å². The van der Waals surface area contributed by atoms with Gasteiger partial charge in [0.1, 0.15) is 6.26 Å². The van der Waals surface area contributed by atoms with Gasteiger partial charge >= 0.3 is 0 Å². The molecule has 9 nitrogen and oxygen atoms in total. The van der Waals surface area contributed by atoms with Gasteiger partial charge in [0.25, 0.3) is 11.8 Å². The lowest BCUT2D eigenvalue weighted by molar-refractivity contribution is 0.0786. The standard InChI is InChI=1S/C16H18N6O3/c1-10(2)14-17-15(25-19-14)13-8-22(20-18-13)12-3-5-21(7-12)16(23)11-4-6-24-9-11/h4,6,8-10,12H,3,5,7H2,1-2H3/t12-/m1/s1. The number of carbonyl (C=O) groups is 1. The molecule has 1 aliphatic heterocycles. The van der Waals surface area contributed by atoms with Crippen LogP contribution in [0, 0.1) is 0 Å². The van der Waals surface area contributed by atoms with Crippen LogP contribution in [0.3, 0.4) is 0 Å². The van der Waals surface area contributed by atoms with Gasteiger partial charge in [0.05, 0.1) is 24.1 Å². The Kier molecular flexibility index (Phi) is 3.83. The van der Waals surface area contributed by atoms with Crippen molar-refractivity contribution in [2.45, 2.75) is 32.2 Å². The molecule has 0 aliphatic carbocycles. The summed E-state index contributed by atoms with van der Waals surface area (Å²) in [6.07, 6.45) is 5.56. The predicted octanol–water partition coefficient (Wildman–Crippen LogP) is 2.13. The molecule has 4 heterocycles. The van der Waals surface area contributed by atoms with E-state index >= 15 is 0 Å². The molecule has 9 heteroatoms. The number of carbonyl (C=O) groups excluding carboxylic acids is 1. The third-order valence-electron chi connectivity index (χ3n) is 4.28. The molecular formula is C16H18N6O3. The van der Waals surface area contributed by atoms with Crippen LogP contribution in [0.5, 0.6) is 0 Å². The van der Waals surface area contributed by atoms with Crippen molar-refractivity contribution in [3.63, 3.8) is 0 Å². The fourth-order valence-electron chi connectivity index (χ4n) is 2.84. The number of amides is 1. The maximum Gasteiger partial charge on any atom is 0.280 e. The van der Waals surface area contributed by atoms with Gasteiger partial charge in [-0.15, -0.1) is 5.10 Å². The summed E-state index contributed by atoms with van der Waals surface area (Å²) < 4.78 is 12.0. The van der Waals surface area contributed by atoms with Crippen LogP contribution in [0.2, 0.25) is 0 Å². The summed E-state index contributed by atoms with van der Waals surface area (Å²) in [6.45, 7) is 5.24. The first kappa shape index (κ1) is 15.6. The first-order valence-corrected chi connectivity index (χ1v) is 8.19. The highest BCUT2D eigenvalue weighted by molar-refractivity contribution is 5.94. The van der Waals surface area contributed by atoms with Gasteiger partial charge in [0, 0.05) is 19.0 Å². The zero-order valence-corrected chi connectivity index (χ0v) is 14.0. The monoisotopic (exact) mass is 342 g/mol. The second-order valence-corrected chi connectivity index (χ2v) is 6.40. The van der Waals surface area contributed by atoms with Crippen LogP contribution in [0.1, 0.15) is 48.4 Å². The summed E-state index contributed by atoms with van der Waals surface area (Å²) in [5.74, 6) is 1.15. The second kappa shape index (κ2) is 6.15. The summed E-state index contributed by atoms with van der Waals surface area (Å²) in [5.41, 5.74) is 1.10. The first-order chi connectivity index (χ1) is 12.1. The van der Waals surface area contributed by atoms with Crippen molar-refractivity contribution < 1.29 is 13.7 Å². The number of hydrogen-bond acceptors (Lipinski definition) is 7. The number of hydrogen-bond donors (Lipinski definition) is 0. The lowest BCUT2D eigenvalue weighted by Crippen LogP contribution is -2.28. The Bertz CT molecular complexity index is 866. The summed E-state index contributed by atoms with van der Waals surface area (Å²) in [4.78, 5) is 18.5. The molecule has 0 radical (unpaired) electrons. The van der Waals surface area contributed by atoms with Crippen molar-refractivity contribution in [2.24, 2.45) is 0 Å². The van der Waals surface area contributed by atoms with Crippen LogP contribution >= 0.6 is 0 Å². The van der Waals surface area contributed by atoms with E-state index in [0.29, 0.717) is 36.1 Å². The van der Waals surface area contributed by atoms with Crippen molar-refractivity contribution in [1.29, 1.82) is 0 Å². The van der Waals surface area contributed by atoms with Crippen LogP contribution in [0.15, 0.2) is 33.7 Å². The van der Waals surface area contributed by atoms with Crippen LogP contribution in [-0.2, 0) is 0 Å². The number of aromatic nitrogens is 5. The molecular weight excluding hydrogens is 324 g/mol. The quantitative estimate of drug-likeness (QED) is 0.715. The van der Waals surface area contributed by atoms with E-state index in [1.807, 2.05) is 13.8 Å². The van der Waals surface area contributed by atoms with Crippen LogP contribution < -0.4 is 0 Å². The SMILES string of the molecule is CC(C)c1noc(-c2cn([C@@H]3CCN(C(=O)c4ccoc4)C3)nn2)n1. The van der Waals surface area contributed by atoms with Crippen LogP contribution in [0.4, 0.5) is 0 Å². The van der Waals surface area contributed by atoms with E-state index in [1.165, 1.54) is 12.5 Å². The second-order valence-electron chi connectivity index (χ2n) is 6.40. The van der Waals surface area contributed by atoms with Gasteiger partial charge in [-0.2, -0.15) is 4.98 Å². The summed E-state index contributed by atoms with van der Waals surface area (Å²) >= 11 is 0. The topological polar surface area (TPSA) is 103 Å². The van der Waals surface area contributed by atoms with E-state index in [2.05, 4.69) is 20.5 Å². The molecule has 3 aromatic rings. The van der Waals surface area contributed by atoms with Crippen molar-refractivity contribution in [1.82, 2.24) is 30.0 Å². The fraction of sp³-hybridized carbons (Fsp3) is 0.438. The minimum atomic E-state index is -0.0323. The van der Waals surface area contributed by atoms with E-state index in [4.69, 9.17) is 8.94 Å². The van der Waals surface area contributed by atoms with Crippen LogP contribution in [0.25, 0.3) is 11.6 Å². The van der Waals surface area contributed by atoms with Crippen molar-refractivity contribution >= 4 is 5.91 Å². The fourth-order valence-corrected chi connectivity index (χ4v) is 2.84. The van der Waals surface area contributed by atoms with Gasteiger partial charge in [-0.05, 0) is 12.5 Å². The molecule has 0 N–H and O–H groups in total. The van der Waals surface area contributed by atoms with E-state index in [-0.39, 0.29) is 17.9 Å². The Hall–Kier alpha value is -2.97. The van der Waals surface area contributed by atoms with Gasteiger partial charge in [-0.25, -0.2) is 4.68 Å².